The smallest absolute Gasteiger partial charge is 0.228 e. The summed E-state index contributed by atoms with van der Waals surface area (Å²) in [5, 5.41) is 6.58. The van der Waals surface area contributed by atoms with Crippen LogP contribution in [-0.4, -0.2) is 18.4 Å². The lowest BCUT2D eigenvalue weighted by atomic mass is 10.1. The third kappa shape index (κ3) is 4.64. The standard InChI is InChI=1S/C21H23ClN2O2/c1-13-3-4-14(2)19(11-13)24-21(26)18-12-17(18)20(25)23-10-9-15-5-7-16(22)8-6-15/h3-8,11,17-18H,9-10,12H2,1-2H3,(H,23,25)(H,24,26). The van der Waals surface area contributed by atoms with Gasteiger partial charge in [0.2, 0.25) is 11.8 Å². The summed E-state index contributed by atoms with van der Waals surface area (Å²) in [7, 11) is 0. The first-order valence-electron chi connectivity index (χ1n) is 8.84. The molecule has 2 aromatic rings. The molecule has 0 radical (unpaired) electrons. The number of benzene rings is 2. The Bertz CT molecular complexity index is 817. The zero-order valence-corrected chi connectivity index (χ0v) is 15.8. The summed E-state index contributed by atoms with van der Waals surface area (Å²) in [5.41, 5.74) is 4.06. The Labute approximate surface area is 158 Å². The van der Waals surface area contributed by atoms with E-state index in [1.807, 2.05) is 56.3 Å². The average Bonchev–Trinajstić information content (AvgIpc) is 3.41. The van der Waals surface area contributed by atoms with E-state index in [0.29, 0.717) is 18.0 Å². The summed E-state index contributed by atoms with van der Waals surface area (Å²) in [4.78, 5) is 24.6. The van der Waals surface area contributed by atoms with Gasteiger partial charge < -0.3 is 10.6 Å². The SMILES string of the molecule is Cc1ccc(C)c(NC(=O)C2CC2C(=O)NCCc2ccc(Cl)cc2)c1. The van der Waals surface area contributed by atoms with E-state index in [1.165, 1.54) is 0 Å². The molecule has 136 valence electrons. The van der Waals surface area contributed by atoms with Crippen molar-refractivity contribution < 1.29 is 9.59 Å². The number of rotatable bonds is 6. The lowest BCUT2D eigenvalue weighted by molar-refractivity contribution is -0.125. The number of carbonyl (C=O) groups is 2. The second kappa shape index (κ2) is 7.92. The van der Waals surface area contributed by atoms with E-state index in [4.69, 9.17) is 11.6 Å². The first-order chi connectivity index (χ1) is 12.4. The van der Waals surface area contributed by atoms with E-state index in [2.05, 4.69) is 10.6 Å². The summed E-state index contributed by atoms with van der Waals surface area (Å²) < 4.78 is 0. The largest absolute Gasteiger partial charge is 0.356 e. The zero-order valence-electron chi connectivity index (χ0n) is 15.0. The fourth-order valence-electron chi connectivity index (χ4n) is 2.98. The van der Waals surface area contributed by atoms with Gasteiger partial charge in [-0.25, -0.2) is 0 Å². The van der Waals surface area contributed by atoms with Gasteiger partial charge in [0.05, 0.1) is 11.8 Å². The van der Waals surface area contributed by atoms with E-state index in [0.717, 1.165) is 28.8 Å². The third-order valence-corrected chi connectivity index (χ3v) is 4.99. The molecule has 2 amide bonds. The molecule has 2 atom stereocenters. The molecule has 1 saturated carbocycles. The van der Waals surface area contributed by atoms with E-state index in [9.17, 15) is 9.59 Å². The molecule has 0 heterocycles. The minimum atomic E-state index is -0.231. The molecule has 2 N–H and O–H groups in total. The lowest BCUT2D eigenvalue weighted by Crippen LogP contribution is -2.29. The molecule has 0 aliphatic heterocycles. The van der Waals surface area contributed by atoms with Gasteiger partial charge >= 0.3 is 0 Å². The van der Waals surface area contributed by atoms with Crippen molar-refractivity contribution in [1.82, 2.24) is 5.32 Å². The molecule has 4 nitrogen and oxygen atoms in total. The number of nitrogens with one attached hydrogen (secondary N) is 2. The number of hydrogen-bond donors (Lipinski definition) is 2. The van der Waals surface area contributed by atoms with Crippen LogP contribution in [0.5, 0.6) is 0 Å². The summed E-state index contributed by atoms with van der Waals surface area (Å²) in [6.07, 6.45) is 1.36. The van der Waals surface area contributed by atoms with Crippen LogP contribution in [0, 0.1) is 25.7 Å². The third-order valence-electron chi connectivity index (χ3n) is 4.74. The number of anilines is 1. The molecule has 0 spiro atoms. The highest BCUT2D eigenvalue weighted by molar-refractivity contribution is 6.30. The fraction of sp³-hybridized carbons (Fsp3) is 0.333. The molecule has 2 unspecified atom stereocenters. The highest BCUT2D eigenvalue weighted by Gasteiger charge is 2.47. The fourth-order valence-corrected chi connectivity index (χ4v) is 3.11. The van der Waals surface area contributed by atoms with Crippen molar-refractivity contribution in [1.29, 1.82) is 0 Å². The van der Waals surface area contributed by atoms with Crippen LogP contribution < -0.4 is 10.6 Å². The molecule has 1 fully saturated rings. The van der Waals surface area contributed by atoms with Crippen LogP contribution in [0.15, 0.2) is 42.5 Å². The Morgan fingerprint density at radius 3 is 2.46 bits per heavy atom. The second-order valence-corrected chi connectivity index (χ2v) is 7.36. The topological polar surface area (TPSA) is 58.2 Å². The van der Waals surface area contributed by atoms with Crippen molar-refractivity contribution in [2.75, 3.05) is 11.9 Å². The van der Waals surface area contributed by atoms with Gasteiger partial charge in [0.25, 0.3) is 0 Å². The Balaban J connectivity index is 1.45. The molecular formula is C21H23ClN2O2. The predicted octanol–water partition coefficient (Wildman–Crippen LogP) is 3.89. The first kappa shape index (κ1) is 18.5. The van der Waals surface area contributed by atoms with E-state index >= 15 is 0 Å². The van der Waals surface area contributed by atoms with E-state index in [1.54, 1.807) is 0 Å². The number of halogens is 1. The van der Waals surface area contributed by atoms with Gasteiger partial charge in [-0.2, -0.15) is 0 Å². The van der Waals surface area contributed by atoms with Crippen molar-refractivity contribution in [3.05, 3.63) is 64.2 Å². The van der Waals surface area contributed by atoms with Crippen LogP contribution in [0.2, 0.25) is 5.02 Å². The Morgan fingerprint density at radius 2 is 1.73 bits per heavy atom. The van der Waals surface area contributed by atoms with Crippen molar-refractivity contribution in [2.45, 2.75) is 26.7 Å². The van der Waals surface area contributed by atoms with E-state index < -0.39 is 0 Å². The van der Waals surface area contributed by atoms with Gasteiger partial charge in [0.1, 0.15) is 0 Å². The maximum atomic E-state index is 12.4. The number of carbonyl (C=O) groups excluding carboxylic acids is 2. The quantitative estimate of drug-likeness (QED) is 0.810. The molecule has 1 aliphatic carbocycles. The maximum absolute atomic E-state index is 12.4. The molecule has 3 rings (SSSR count). The predicted molar refractivity (Wildman–Crippen MR) is 104 cm³/mol. The molecule has 0 aromatic heterocycles. The van der Waals surface area contributed by atoms with E-state index in [-0.39, 0.29) is 23.7 Å². The minimum absolute atomic E-state index is 0.0416. The van der Waals surface area contributed by atoms with Crippen molar-refractivity contribution >= 4 is 29.1 Å². The van der Waals surface area contributed by atoms with Crippen LogP contribution in [0.25, 0.3) is 0 Å². The summed E-state index contributed by atoms with van der Waals surface area (Å²) in [6, 6.07) is 13.5. The molecule has 1 aliphatic rings. The average molecular weight is 371 g/mol. The summed E-state index contributed by atoms with van der Waals surface area (Å²) in [5.74, 6) is -0.563. The van der Waals surface area contributed by atoms with Crippen LogP contribution in [0.3, 0.4) is 0 Å². The molecule has 26 heavy (non-hydrogen) atoms. The molecule has 5 heteroatoms. The Morgan fingerprint density at radius 1 is 1.04 bits per heavy atom. The van der Waals surface area contributed by atoms with Gasteiger partial charge in [0, 0.05) is 17.3 Å². The van der Waals surface area contributed by atoms with Gasteiger partial charge in [0.15, 0.2) is 0 Å². The number of amides is 2. The molecular weight excluding hydrogens is 348 g/mol. The van der Waals surface area contributed by atoms with Gasteiger partial charge in [-0.15, -0.1) is 0 Å². The number of aryl methyl sites for hydroxylation is 2. The highest BCUT2D eigenvalue weighted by atomic mass is 35.5. The monoisotopic (exact) mass is 370 g/mol. The van der Waals surface area contributed by atoms with Crippen LogP contribution in [-0.2, 0) is 16.0 Å². The highest BCUT2D eigenvalue weighted by Crippen LogP contribution is 2.39. The normalized spacial score (nSPS) is 18.3. The van der Waals surface area contributed by atoms with Gasteiger partial charge in [-0.05, 0) is 61.6 Å². The van der Waals surface area contributed by atoms with Gasteiger partial charge in [-0.1, -0.05) is 35.9 Å². The Kier molecular flexibility index (Phi) is 5.62. The van der Waals surface area contributed by atoms with Crippen molar-refractivity contribution in [3.8, 4) is 0 Å². The van der Waals surface area contributed by atoms with Crippen LogP contribution >= 0.6 is 11.6 Å². The lowest BCUT2D eigenvalue weighted by Gasteiger charge is -2.09. The number of hydrogen-bond acceptors (Lipinski definition) is 2. The summed E-state index contributed by atoms with van der Waals surface area (Å²) >= 11 is 5.86. The molecule has 2 aromatic carbocycles. The van der Waals surface area contributed by atoms with Crippen LogP contribution in [0.1, 0.15) is 23.1 Å². The summed E-state index contributed by atoms with van der Waals surface area (Å²) in [6.45, 7) is 4.51. The second-order valence-electron chi connectivity index (χ2n) is 6.92. The Hall–Kier alpha value is -2.33. The maximum Gasteiger partial charge on any atom is 0.228 e. The molecule has 0 saturated heterocycles. The van der Waals surface area contributed by atoms with Gasteiger partial charge in [-0.3, -0.25) is 9.59 Å². The van der Waals surface area contributed by atoms with Crippen molar-refractivity contribution in [3.63, 3.8) is 0 Å². The first-order valence-corrected chi connectivity index (χ1v) is 9.22. The van der Waals surface area contributed by atoms with Crippen molar-refractivity contribution in [2.24, 2.45) is 11.8 Å². The molecule has 0 bridgehead atoms. The minimum Gasteiger partial charge on any atom is -0.356 e. The van der Waals surface area contributed by atoms with Crippen LogP contribution in [0.4, 0.5) is 5.69 Å². The zero-order chi connectivity index (χ0) is 18.7.